The number of benzene rings is 2. The van der Waals surface area contributed by atoms with Crippen LogP contribution in [0.1, 0.15) is 0 Å². The predicted octanol–water partition coefficient (Wildman–Crippen LogP) is 3.02. The van der Waals surface area contributed by atoms with E-state index in [-0.39, 0.29) is 12.3 Å². The summed E-state index contributed by atoms with van der Waals surface area (Å²) < 4.78 is 5.00. The maximum absolute atomic E-state index is 12.1. The van der Waals surface area contributed by atoms with Crippen molar-refractivity contribution in [2.75, 3.05) is 31.3 Å². The van der Waals surface area contributed by atoms with Gasteiger partial charge in [-0.05, 0) is 24.3 Å². The Labute approximate surface area is 187 Å². The van der Waals surface area contributed by atoms with Gasteiger partial charge in [0.25, 0.3) is 5.91 Å². The second-order valence-electron chi connectivity index (χ2n) is 6.42. The van der Waals surface area contributed by atoms with Crippen molar-refractivity contribution in [3.8, 4) is 0 Å². The summed E-state index contributed by atoms with van der Waals surface area (Å²) in [6.45, 7) is -0.665. The average molecular weight is 459 g/mol. The van der Waals surface area contributed by atoms with Gasteiger partial charge < -0.3 is 15.0 Å². The van der Waals surface area contributed by atoms with Crippen LogP contribution in [0.2, 0.25) is 5.02 Å². The van der Waals surface area contributed by atoms with Crippen molar-refractivity contribution < 1.29 is 19.1 Å². The van der Waals surface area contributed by atoms with Gasteiger partial charge in [0.2, 0.25) is 5.91 Å². The molecule has 160 valence electrons. The lowest BCUT2D eigenvalue weighted by molar-refractivity contribution is -0.149. The zero-order valence-corrected chi connectivity index (χ0v) is 18.2. The fourth-order valence-corrected chi connectivity index (χ4v) is 3.31. The van der Waals surface area contributed by atoms with E-state index >= 15 is 0 Å². The SMILES string of the molecule is CN(CC(=O)Nc1ccccc1Cl)C(=O)COC(=O)CSc1cnc2ccccc2n1. The molecule has 3 aromatic rings. The highest BCUT2D eigenvalue weighted by atomic mass is 35.5. The molecule has 0 radical (unpaired) electrons. The number of ether oxygens (including phenoxy) is 1. The lowest BCUT2D eigenvalue weighted by atomic mass is 10.3. The number of nitrogens with one attached hydrogen (secondary N) is 1. The number of nitrogens with zero attached hydrogens (tertiary/aromatic N) is 3. The lowest BCUT2D eigenvalue weighted by Crippen LogP contribution is -2.37. The number of amides is 2. The first-order chi connectivity index (χ1) is 14.9. The van der Waals surface area contributed by atoms with Gasteiger partial charge >= 0.3 is 5.97 Å². The molecule has 0 aliphatic heterocycles. The fourth-order valence-electron chi connectivity index (χ4n) is 2.49. The Kier molecular flexibility index (Phi) is 7.80. The summed E-state index contributed by atoms with van der Waals surface area (Å²) in [4.78, 5) is 46.0. The van der Waals surface area contributed by atoms with Crippen LogP contribution in [-0.2, 0) is 19.1 Å². The smallest absolute Gasteiger partial charge is 0.316 e. The van der Waals surface area contributed by atoms with Crippen LogP contribution in [0.4, 0.5) is 5.69 Å². The Morgan fingerprint density at radius 1 is 1.10 bits per heavy atom. The summed E-state index contributed by atoms with van der Waals surface area (Å²) >= 11 is 7.16. The summed E-state index contributed by atoms with van der Waals surface area (Å²) in [5.41, 5.74) is 1.95. The number of rotatable bonds is 8. The molecule has 0 saturated carbocycles. The molecule has 8 nitrogen and oxygen atoms in total. The van der Waals surface area contributed by atoms with Gasteiger partial charge in [-0.25, -0.2) is 4.98 Å². The molecule has 1 aromatic heterocycles. The molecule has 2 amide bonds. The topological polar surface area (TPSA) is 101 Å². The van der Waals surface area contributed by atoms with Gasteiger partial charge in [0.05, 0.1) is 40.2 Å². The van der Waals surface area contributed by atoms with E-state index in [1.807, 2.05) is 24.3 Å². The molecule has 0 aliphatic rings. The summed E-state index contributed by atoms with van der Waals surface area (Å²) in [7, 11) is 1.45. The van der Waals surface area contributed by atoms with Crippen LogP contribution in [-0.4, -0.2) is 58.6 Å². The van der Waals surface area contributed by atoms with Gasteiger partial charge in [0, 0.05) is 7.05 Å². The van der Waals surface area contributed by atoms with Crippen LogP contribution in [0.5, 0.6) is 0 Å². The molecule has 0 fully saturated rings. The van der Waals surface area contributed by atoms with E-state index in [4.69, 9.17) is 16.3 Å². The molecule has 0 atom stereocenters. The summed E-state index contributed by atoms with van der Waals surface area (Å²) in [6.07, 6.45) is 1.58. The number of likely N-dealkylation sites (N-methyl/N-ethyl adjacent to an activating group) is 1. The molecule has 10 heteroatoms. The van der Waals surface area contributed by atoms with Crippen LogP contribution >= 0.6 is 23.4 Å². The van der Waals surface area contributed by atoms with E-state index in [0.29, 0.717) is 15.7 Å². The van der Waals surface area contributed by atoms with Gasteiger partial charge in [-0.2, -0.15) is 0 Å². The molecule has 31 heavy (non-hydrogen) atoms. The highest BCUT2D eigenvalue weighted by Gasteiger charge is 2.16. The van der Waals surface area contributed by atoms with E-state index in [9.17, 15) is 14.4 Å². The van der Waals surface area contributed by atoms with Crippen molar-refractivity contribution in [3.63, 3.8) is 0 Å². The molecular weight excluding hydrogens is 440 g/mol. The van der Waals surface area contributed by atoms with Crippen LogP contribution < -0.4 is 5.32 Å². The number of aromatic nitrogens is 2. The first-order valence-electron chi connectivity index (χ1n) is 9.21. The zero-order valence-electron chi connectivity index (χ0n) is 16.6. The molecule has 2 aromatic carbocycles. The van der Waals surface area contributed by atoms with Gasteiger partial charge in [-0.1, -0.05) is 47.6 Å². The first kappa shape index (κ1) is 22.5. The largest absolute Gasteiger partial charge is 0.455 e. The highest BCUT2D eigenvalue weighted by molar-refractivity contribution is 7.99. The number of fused-ring (bicyclic) bond motifs is 1. The highest BCUT2D eigenvalue weighted by Crippen LogP contribution is 2.20. The predicted molar refractivity (Wildman–Crippen MR) is 119 cm³/mol. The first-order valence-corrected chi connectivity index (χ1v) is 10.6. The van der Waals surface area contributed by atoms with Crippen molar-refractivity contribution in [1.29, 1.82) is 0 Å². The molecule has 0 unspecified atom stereocenters. The van der Waals surface area contributed by atoms with E-state index in [0.717, 1.165) is 11.0 Å². The number of hydrogen-bond donors (Lipinski definition) is 1. The molecule has 1 N–H and O–H groups in total. The van der Waals surface area contributed by atoms with Crippen LogP contribution in [0, 0.1) is 0 Å². The van der Waals surface area contributed by atoms with Gasteiger partial charge in [0.1, 0.15) is 5.03 Å². The fraction of sp³-hybridized carbons (Fsp3) is 0.190. The maximum atomic E-state index is 12.1. The van der Waals surface area contributed by atoms with Crippen LogP contribution in [0.25, 0.3) is 11.0 Å². The average Bonchev–Trinajstić information content (AvgIpc) is 2.77. The minimum atomic E-state index is -0.567. The normalized spacial score (nSPS) is 10.5. The Bertz CT molecular complexity index is 1110. The molecule has 0 bridgehead atoms. The second kappa shape index (κ2) is 10.7. The molecule has 1 heterocycles. The van der Waals surface area contributed by atoms with E-state index in [1.165, 1.54) is 23.7 Å². The molecule has 0 spiro atoms. The third-order valence-corrected chi connectivity index (χ3v) is 5.28. The van der Waals surface area contributed by atoms with E-state index in [1.54, 1.807) is 30.5 Å². The monoisotopic (exact) mass is 458 g/mol. The van der Waals surface area contributed by atoms with Crippen molar-refractivity contribution in [2.45, 2.75) is 5.03 Å². The number of esters is 1. The van der Waals surface area contributed by atoms with Gasteiger partial charge in [0.15, 0.2) is 6.61 Å². The van der Waals surface area contributed by atoms with E-state index < -0.39 is 24.4 Å². The maximum Gasteiger partial charge on any atom is 0.316 e. The van der Waals surface area contributed by atoms with Crippen LogP contribution in [0.15, 0.2) is 59.8 Å². The number of carbonyl (C=O) groups excluding carboxylic acids is 3. The summed E-state index contributed by atoms with van der Waals surface area (Å²) in [5.74, 6) is -1.50. The van der Waals surface area contributed by atoms with Crippen molar-refractivity contribution in [3.05, 3.63) is 59.8 Å². The number of halogens is 1. The molecule has 0 aliphatic carbocycles. The van der Waals surface area contributed by atoms with Crippen molar-refractivity contribution in [1.82, 2.24) is 14.9 Å². The third kappa shape index (κ3) is 6.66. The number of thioether (sulfide) groups is 1. The van der Waals surface area contributed by atoms with Crippen LogP contribution in [0.3, 0.4) is 0 Å². The van der Waals surface area contributed by atoms with Crippen molar-refractivity contribution >= 4 is 57.9 Å². The minimum Gasteiger partial charge on any atom is -0.455 e. The Morgan fingerprint density at radius 2 is 1.81 bits per heavy atom. The quantitative estimate of drug-likeness (QED) is 0.409. The minimum absolute atomic E-state index is 0.0169. The summed E-state index contributed by atoms with van der Waals surface area (Å²) in [5, 5.41) is 3.60. The molecular formula is C21H19ClN4O4S. The third-order valence-electron chi connectivity index (χ3n) is 4.08. The second-order valence-corrected chi connectivity index (χ2v) is 7.83. The van der Waals surface area contributed by atoms with Crippen molar-refractivity contribution in [2.24, 2.45) is 0 Å². The Balaban J connectivity index is 1.41. The number of para-hydroxylation sites is 3. The number of anilines is 1. The van der Waals surface area contributed by atoms with Gasteiger partial charge in [-0.15, -0.1) is 0 Å². The Hall–Kier alpha value is -3.17. The molecule has 3 rings (SSSR count). The van der Waals surface area contributed by atoms with Gasteiger partial charge in [-0.3, -0.25) is 19.4 Å². The standard InChI is InChI=1S/C21H19ClN4O4S/c1-26(11-18(27)24-15-7-3-2-6-14(15)22)20(28)12-30-21(29)13-31-19-10-23-16-8-4-5-9-17(16)25-19/h2-10H,11-13H2,1H3,(H,24,27). The molecule has 0 saturated heterocycles. The zero-order chi connectivity index (χ0) is 22.2. The summed E-state index contributed by atoms with van der Waals surface area (Å²) in [6, 6.07) is 14.2. The Morgan fingerprint density at radius 3 is 2.58 bits per heavy atom. The number of hydrogen-bond acceptors (Lipinski definition) is 7. The van der Waals surface area contributed by atoms with E-state index in [2.05, 4.69) is 15.3 Å². The number of carbonyl (C=O) groups is 3. The lowest BCUT2D eigenvalue weighted by Gasteiger charge is -2.17.